The monoisotopic (exact) mass is 342 g/mol. The molecule has 1 N–H and O–H groups in total. The number of hydrogen-bond donors (Lipinski definition) is 1. The van der Waals surface area contributed by atoms with Crippen molar-refractivity contribution in [1.82, 2.24) is 10.3 Å². The summed E-state index contributed by atoms with van der Waals surface area (Å²) in [7, 11) is 0. The van der Waals surface area contributed by atoms with Crippen LogP contribution in [0.1, 0.15) is 34.5 Å². The van der Waals surface area contributed by atoms with E-state index in [4.69, 9.17) is 9.47 Å². The highest BCUT2D eigenvalue weighted by Crippen LogP contribution is 2.18. The van der Waals surface area contributed by atoms with Gasteiger partial charge in [0.05, 0.1) is 22.9 Å². The molecule has 0 aliphatic carbocycles. The topological polar surface area (TPSA) is 77.5 Å². The van der Waals surface area contributed by atoms with Gasteiger partial charge >= 0.3 is 5.97 Å². The minimum absolute atomic E-state index is 0.0647. The highest BCUT2D eigenvalue weighted by molar-refractivity contribution is 5.96. The third-order valence-electron chi connectivity index (χ3n) is 4.27. The number of benzene rings is 1. The lowest BCUT2D eigenvalue weighted by Gasteiger charge is -2.11. The Morgan fingerprint density at radius 1 is 1.32 bits per heavy atom. The summed E-state index contributed by atoms with van der Waals surface area (Å²) >= 11 is 0. The summed E-state index contributed by atoms with van der Waals surface area (Å²) in [5.41, 5.74) is 2.88. The second kappa shape index (κ2) is 7.61. The number of ether oxygens (including phenoxy) is 2. The Kier molecular flexibility index (Phi) is 5.28. The van der Waals surface area contributed by atoms with Crippen LogP contribution in [0.2, 0.25) is 0 Å². The first-order valence-electron chi connectivity index (χ1n) is 8.46. The van der Waals surface area contributed by atoms with Crippen LogP contribution >= 0.6 is 0 Å². The fraction of sp³-hybridized carbons (Fsp3) is 0.421. The van der Waals surface area contributed by atoms with Gasteiger partial charge in [0.1, 0.15) is 0 Å². The largest absolute Gasteiger partial charge is 0.452 e. The molecule has 132 valence electrons. The SMILES string of the molecule is Cc1ccc2nc(C)c(C(=O)OCC(=O)NC[C@@H]3CCCO3)cc2c1. The first kappa shape index (κ1) is 17.4. The molecular formula is C19H22N2O4. The van der Waals surface area contributed by atoms with Gasteiger partial charge in [-0.15, -0.1) is 0 Å². The summed E-state index contributed by atoms with van der Waals surface area (Å²) < 4.78 is 10.6. The van der Waals surface area contributed by atoms with Gasteiger partial charge in [0.2, 0.25) is 0 Å². The van der Waals surface area contributed by atoms with E-state index >= 15 is 0 Å². The van der Waals surface area contributed by atoms with Crippen molar-refractivity contribution >= 4 is 22.8 Å². The summed E-state index contributed by atoms with van der Waals surface area (Å²) in [5.74, 6) is -0.869. The molecule has 0 saturated carbocycles. The van der Waals surface area contributed by atoms with Crippen molar-refractivity contribution in [3.05, 3.63) is 41.1 Å². The first-order valence-corrected chi connectivity index (χ1v) is 8.46. The van der Waals surface area contributed by atoms with E-state index in [1.807, 2.05) is 25.1 Å². The number of nitrogens with zero attached hydrogens (tertiary/aromatic N) is 1. The molecule has 1 aromatic heterocycles. The van der Waals surface area contributed by atoms with Gasteiger partial charge in [0.15, 0.2) is 6.61 Å². The van der Waals surface area contributed by atoms with Gasteiger partial charge < -0.3 is 14.8 Å². The van der Waals surface area contributed by atoms with Crippen LogP contribution < -0.4 is 5.32 Å². The van der Waals surface area contributed by atoms with Gasteiger partial charge in [0, 0.05) is 18.5 Å². The Bertz CT molecular complexity index is 797. The predicted molar refractivity (Wildman–Crippen MR) is 93.5 cm³/mol. The molecule has 25 heavy (non-hydrogen) atoms. The number of rotatable bonds is 5. The van der Waals surface area contributed by atoms with Crippen LogP contribution in [-0.4, -0.2) is 42.7 Å². The minimum atomic E-state index is -0.541. The Labute approximate surface area is 146 Å². The number of esters is 1. The predicted octanol–water partition coefficient (Wildman–Crippen LogP) is 2.30. The second-order valence-electron chi connectivity index (χ2n) is 6.33. The van der Waals surface area contributed by atoms with E-state index in [9.17, 15) is 9.59 Å². The second-order valence-corrected chi connectivity index (χ2v) is 6.33. The zero-order valence-electron chi connectivity index (χ0n) is 14.5. The zero-order chi connectivity index (χ0) is 17.8. The van der Waals surface area contributed by atoms with Gasteiger partial charge in [0.25, 0.3) is 5.91 Å². The van der Waals surface area contributed by atoms with Crippen LogP contribution in [0.25, 0.3) is 10.9 Å². The molecule has 1 amide bonds. The summed E-state index contributed by atoms with van der Waals surface area (Å²) in [4.78, 5) is 28.5. The van der Waals surface area contributed by atoms with Gasteiger partial charge in [-0.2, -0.15) is 0 Å². The summed E-state index contributed by atoms with van der Waals surface area (Å²) in [6.45, 7) is 4.62. The van der Waals surface area contributed by atoms with Crippen LogP contribution in [0, 0.1) is 13.8 Å². The Morgan fingerprint density at radius 3 is 2.92 bits per heavy atom. The molecule has 0 unspecified atom stereocenters. The van der Waals surface area contributed by atoms with Crippen molar-refractivity contribution in [3.8, 4) is 0 Å². The molecular weight excluding hydrogens is 320 g/mol. The molecule has 6 heteroatoms. The molecule has 0 spiro atoms. The van der Waals surface area contributed by atoms with Crippen molar-refractivity contribution in [2.75, 3.05) is 19.8 Å². The molecule has 0 radical (unpaired) electrons. The fourth-order valence-corrected chi connectivity index (χ4v) is 2.89. The Balaban J connectivity index is 1.59. The molecule has 2 heterocycles. The van der Waals surface area contributed by atoms with Crippen molar-refractivity contribution in [2.24, 2.45) is 0 Å². The maximum Gasteiger partial charge on any atom is 0.340 e. The standard InChI is InChI=1S/C19H22N2O4/c1-12-5-6-17-14(8-12)9-16(13(2)21-17)19(23)25-11-18(22)20-10-15-4-3-7-24-15/h5-6,8-9,15H,3-4,7,10-11H2,1-2H3,(H,20,22)/t15-/m0/s1. The number of aryl methyl sites for hydroxylation is 2. The lowest BCUT2D eigenvalue weighted by atomic mass is 10.1. The van der Waals surface area contributed by atoms with Gasteiger partial charge in [-0.25, -0.2) is 4.79 Å². The highest BCUT2D eigenvalue weighted by Gasteiger charge is 2.18. The normalized spacial score (nSPS) is 16.8. The van der Waals surface area contributed by atoms with E-state index in [1.54, 1.807) is 13.0 Å². The summed E-state index contributed by atoms with van der Waals surface area (Å²) in [5, 5.41) is 3.60. The Hall–Kier alpha value is -2.47. The van der Waals surface area contributed by atoms with Crippen molar-refractivity contribution < 1.29 is 19.1 Å². The average Bonchev–Trinajstić information content (AvgIpc) is 3.11. The third kappa shape index (κ3) is 4.33. The van der Waals surface area contributed by atoms with E-state index in [2.05, 4.69) is 10.3 Å². The lowest BCUT2D eigenvalue weighted by molar-refractivity contribution is -0.124. The number of carbonyl (C=O) groups excluding carboxylic acids is 2. The number of pyridine rings is 1. The fourth-order valence-electron chi connectivity index (χ4n) is 2.89. The lowest BCUT2D eigenvalue weighted by Crippen LogP contribution is -2.34. The van der Waals surface area contributed by atoms with E-state index < -0.39 is 5.97 Å². The number of fused-ring (bicyclic) bond motifs is 1. The minimum Gasteiger partial charge on any atom is -0.452 e. The molecule has 1 aromatic carbocycles. The molecule has 1 atom stereocenters. The molecule has 0 bridgehead atoms. The Morgan fingerprint density at radius 2 is 2.16 bits per heavy atom. The van der Waals surface area contributed by atoms with Crippen molar-refractivity contribution in [2.45, 2.75) is 32.8 Å². The van der Waals surface area contributed by atoms with Crippen LogP contribution in [0.4, 0.5) is 0 Å². The molecule has 6 nitrogen and oxygen atoms in total. The van der Waals surface area contributed by atoms with Crippen LogP contribution in [0.3, 0.4) is 0 Å². The highest BCUT2D eigenvalue weighted by atomic mass is 16.5. The molecule has 1 aliphatic heterocycles. The van der Waals surface area contributed by atoms with Crippen LogP contribution in [0.5, 0.6) is 0 Å². The van der Waals surface area contributed by atoms with E-state index in [1.165, 1.54) is 0 Å². The maximum atomic E-state index is 12.3. The van der Waals surface area contributed by atoms with Gasteiger partial charge in [-0.05, 0) is 44.9 Å². The maximum absolute atomic E-state index is 12.3. The number of hydrogen-bond acceptors (Lipinski definition) is 5. The van der Waals surface area contributed by atoms with Crippen molar-refractivity contribution in [1.29, 1.82) is 0 Å². The summed E-state index contributed by atoms with van der Waals surface area (Å²) in [6, 6.07) is 7.63. The first-order chi connectivity index (χ1) is 12.0. The zero-order valence-corrected chi connectivity index (χ0v) is 14.5. The van der Waals surface area contributed by atoms with E-state index in [-0.39, 0.29) is 18.6 Å². The molecule has 1 saturated heterocycles. The van der Waals surface area contributed by atoms with Gasteiger partial charge in [-0.1, -0.05) is 11.6 Å². The van der Waals surface area contributed by atoms with Crippen LogP contribution in [-0.2, 0) is 14.3 Å². The number of carbonyl (C=O) groups is 2. The van der Waals surface area contributed by atoms with E-state index in [0.717, 1.165) is 35.9 Å². The average molecular weight is 342 g/mol. The summed E-state index contributed by atoms with van der Waals surface area (Å²) in [6.07, 6.45) is 2.03. The number of aromatic nitrogens is 1. The molecule has 2 aromatic rings. The molecule has 1 aliphatic rings. The van der Waals surface area contributed by atoms with Crippen molar-refractivity contribution in [3.63, 3.8) is 0 Å². The quantitative estimate of drug-likeness (QED) is 0.844. The molecule has 1 fully saturated rings. The van der Waals surface area contributed by atoms with E-state index in [0.29, 0.717) is 17.8 Å². The number of amides is 1. The smallest absolute Gasteiger partial charge is 0.340 e. The third-order valence-corrected chi connectivity index (χ3v) is 4.27. The van der Waals surface area contributed by atoms with Gasteiger partial charge in [-0.3, -0.25) is 9.78 Å². The molecule has 3 rings (SSSR count). The van der Waals surface area contributed by atoms with Crippen LogP contribution in [0.15, 0.2) is 24.3 Å². The number of nitrogens with one attached hydrogen (secondary N) is 1.